The van der Waals surface area contributed by atoms with Crippen LogP contribution in [0.3, 0.4) is 0 Å². The van der Waals surface area contributed by atoms with Gasteiger partial charge in [-0.2, -0.15) is 0 Å². The molecule has 1 aliphatic carbocycles. The van der Waals surface area contributed by atoms with Gasteiger partial charge >= 0.3 is 6.09 Å². The maximum absolute atomic E-state index is 11.6. The molecule has 2 heterocycles. The molecular formula is C17H30N2O4. The van der Waals surface area contributed by atoms with Gasteiger partial charge in [0.1, 0.15) is 0 Å². The number of nitrogens with zero attached hydrogens (tertiary/aromatic N) is 2. The Morgan fingerprint density at radius 3 is 2.48 bits per heavy atom. The molecule has 2 aliphatic heterocycles. The summed E-state index contributed by atoms with van der Waals surface area (Å²) in [4.78, 5) is 16.0. The van der Waals surface area contributed by atoms with Crippen molar-refractivity contribution in [2.45, 2.75) is 50.9 Å². The highest BCUT2D eigenvalue weighted by Crippen LogP contribution is 2.38. The zero-order valence-corrected chi connectivity index (χ0v) is 14.5. The Balaban J connectivity index is 1.34. The molecule has 0 aromatic rings. The van der Waals surface area contributed by atoms with Crippen LogP contribution in [-0.4, -0.2) is 74.2 Å². The van der Waals surface area contributed by atoms with Gasteiger partial charge in [0.05, 0.1) is 20.3 Å². The number of hydrogen-bond acceptors (Lipinski definition) is 5. The lowest BCUT2D eigenvalue weighted by Gasteiger charge is -2.47. The van der Waals surface area contributed by atoms with E-state index in [1.165, 1.54) is 20.0 Å². The van der Waals surface area contributed by atoms with Crippen molar-refractivity contribution in [3.8, 4) is 0 Å². The molecule has 3 aliphatic rings. The number of ether oxygens (including phenoxy) is 3. The zero-order chi connectivity index (χ0) is 16.3. The van der Waals surface area contributed by atoms with Crippen LogP contribution in [-0.2, 0) is 14.2 Å². The average molecular weight is 326 g/mol. The van der Waals surface area contributed by atoms with E-state index in [9.17, 15) is 4.79 Å². The molecule has 6 nitrogen and oxygen atoms in total. The summed E-state index contributed by atoms with van der Waals surface area (Å²) in [5.74, 6) is 0.482. The van der Waals surface area contributed by atoms with E-state index in [2.05, 4.69) is 4.90 Å². The second kappa shape index (κ2) is 7.36. The molecule has 132 valence electrons. The minimum atomic E-state index is -0.262. The van der Waals surface area contributed by atoms with Gasteiger partial charge in [-0.1, -0.05) is 0 Å². The maximum Gasteiger partial charge on any atom is 0.409 e. The molecule has 1 spiro atoms. The number of piperidine rings is 1. The van der Waals surface area contributed by atoms with Crippen LogP contribution in [0.25, 0.3) is 0 Å². The predicted molar refractivity (Wildman–Crippen MR) is 86.2 cm³/mol. The predicted octanol–water partition coefficient (Wildman–Crippen LogP) is 2.08. The van der Waals surface area contributed by atoms with E-state index in [-0.39, 0.29) is 11.9 Å². The number of carbonyl (C=O) groups excluding carboxylic acids is 1. The van der Waals surface area contributed by atoms with Crippen molar-refractivity contribution < 1.29 is 19.0 Å². The molecule has 0 aromatic heterocycles. The molecule has 3 fully saturated rings. The summed E-state index contributed by atoms with van der Waals surface area (Å²) < 4.78 is 16.4. The zero-order valence-electron chi connectivity index (χ0n) is 14.5. The van der Waals surface area contributed by atoms with Gasteiger partial charge in [-0.25, -0.2) is 4.79 Å². The Morgan fingerprint density at radius 2 is 1.91 bits per heavy atom. The molecule has 0 N–H and O–H groups in total. The molecule has 6 heteroatoms. The van der Waals surface area contributed by atoms with Gasteiger partial charge in [0.15, 0.2) is 5.79 Å². The fourth-order valence-electron chi connectivity index (χ4n) is 4.10. The van der Waals surface area contributed by atoms with Gasteiger partial charge in [0.25, 0.3) is 0 Å². The van der Waals surface area contributed by atoms with Crippen LogP contribution in [0.4, 0.5) is 4.79 Å². The van der Waals surface area contributed by atoms with Crippen molar-refractivity contribution in [3.63, 3.8) is 0 Å². The smallest absolute Gasteiger partial charge is 0.409 e. The van der Waals surface area contributed by atoms with E-state index < -0.39 is 0 Å². The molecule has 2 saturated heterocycles. The van der Waals surface area contributed by atoms with Crippen LogP contribution in [0.2, 0.25) is 0 Å². The molecule has 0 unspecified atom stereocenters. The number of likely N-dealkylation sites (tertiary alicyclic amines) is 1. The quantitative estimate of drug-likeness (QED) is 0.774. The highest BCUT2D eigenvalue weighted by molar-refractivity contribution is 5.67. The SMILES string of the molecule is CCN(CCC1CC(N2CCC3(CC2)OCCO3)C1)C(=O)OC. The average Bonchev–Trinajstić information content (AvgIpc) is 2.99. The largest absolute Gasteiger partial charge is 0.453 e. The van der Waals surface area contributed by atoms with Crippen LogP contribution in [0.1, 0.15) is 39.0 Å². The van der Waals surface area contributed by atoms with Crippen molar-refractivity contribution in [1.82, 2.24) is 9.80 Å². The second-order valence-electron chi connectivity index (χ2n) is 6.97. The summed E-state index contributed by atoms with van der Waals surface area (Å²) in [5, 5.41) is 0. The minimum absolute atomic E-state index is 0.207. The Labute approximate surface area is 139 Å². The maximum atomic E-state index is 11.6. The normalized spacial score (nSPS) is 30.2. The number of carbonyl (C=O) groups is 1. The molecule has 1 amide bonds. The van der Waals surface area contributed by atoms with Gasteiger partial charge in [0, 0.05) is 45.1 Å². The molecule has 23 heavy (non-hydrogen) atoms. The fraction of sp³-hybridized carbons (Fsp3) is 0.941. The summed E-state index contributed by atoms with van der Waals surface area (Å²) >= 11 is 0. The van der Waals surface area contributed by atoms with Crippen LogP contribution in [0.5, 0.6) is 0 Å². The summed E-state index contributed by atoms with van der Waals surface area (Å²) in [7, 11) is 1.45. The van der Waals surface area contributed by atoms with E-state index in [4.69, 9.17) is 14.2 Å². The summed E-state index contributed by atoms with van der Waals surface area (Å²) in [6, 6.07) is 0.715. The number of amides is 1. The van der Waals surface area contributed by atoms with Crippen LogP contribution >= 0.6 is 0 Å². The Bertz CT molecular complexity index is 395. The molecular weight excluding hydrogens is 296 g/mol. The van der Waals surface area contributed by atoms with Crippen molar-refractivity contribution >= 4 is 6.09 Å². The molecule has 0 aromatic carbocycles. The third kappa shape index (κ3) is 3.80. The van der Waals surface area contributed by atoms with E-state index in [1.54, 1.807) is 4.90 Å². The third-order valence-electron chi connectivity index (χ3n) is 5.72. The minimum Gasteiger partial charge on any atom is -0.453 e. The first-order valence-corrected chi connectivity index (χ1v) is 9.00. The summed E-state index contributed by atoms with van der Waals surface area (Å²) in [6.45, 7) is 7.19. The van der Waals surface area contributed by atoms with Gasteiger partial charge in [0.2, 0.25) is 0 Å². The molecule has 1 saturated carbocycles. The number of rotatable bonds is 5. The van der Waals surface area contributed by atoms with Gasteiger partial charge in [-0.15, -0.1) is 0 Å². The molecule has 3 rings (SSSR count). The van der Waals surface area contributed by atoms with E-state index >= 15 is 0 Å². The summed E-state index contributed by atoms with van der Waals surface area (Å²) in [5.41, 5.74) is 0. The Hall–Kier alpha value is -0.850. The molecule has 0 bridgehead atoms. The van der Waals surface area contributed by atoms with Crippen molar-refractivity contribution in [2.24, 2.45) is 5.92 Å². The van der Waals surface area contributed by atoms with Crippen LogP contribution in [0.15, 0.2) is 0 Å². The first-order chi connectivity index (χ1) is 11.2. The van der Waals surface area contributed by atoms with Crippen LogP contribution < -0.4 is 0 Å². The highest BCUT2D eigenvalue weighted by atomic mass is 16.7. The monoisotopic (exact) mass is 326 g/mol. The number of hydrogen-bond donors (Lipinski definition) is 0. The van der Waals surface area contributed by atoms with Crippen molar-refractivity contribution in [2.75, 3.05) is 46.5 Å². The lowest BCUT2D eigenvalue weighted by atomic mass is 9.76. The first-order valence-electron chi connectivity index (χ1n) is 9.00. The molecule has 0 atom stereocenters. The van der Waals surface area contributed by atoms with E-state index in [1.807, 2.05) is 6.92 Å². The fourth-order valence-corrected chi connectivity index (χ4v) is 4.10. The first kappa shape index (κ1) is 17.0. The van der Waals surface area contributed by atoms with Crippen LogP contribution in [0, 0.1) is 5.92 Å². The van der Waals surface area contributed by atoms with Crippen molar-refractivity contribution in [3.05, 3.63) is 0 Å². The molecule has 0 radical (unpaired) electrons. The Kier molecular flexibility index (Phi) is 5.44. The second-order valence-corrected chi connectivity index (χ2v) is 6.97. The lowest BCUT2D eigenvalue weighted by molar-refractivity contribution is -0.190. The van der Waals surface area contributed by atoms with Gasteiger partial charge in [-0.05, 0) is 32.1 Å². The van der Waals surface area contributed by atoms with Gasteiger partial charge in [-0.3, -0.25) is 4.90 Å². The summed E-state index contributed by atoms with van der Waals surface area (Å²) in [6.07, 6.45) is 5.39. The lowest BCUT2D eigenvalue weighted by Crippen LogP contribution is -2.52. The Morgan fingerprint density at radius 1 is 1.26 bits per heavy atom. The third-order valence-corrected chi connectivity index (χ3v) is 5.72. The van der Waals surface area contributed by atoms with E-state index in [0.29, 0.717) is 6.04 Å². The highest BCUT2D eigenvalue weighted by Gasteiger charge is 2.43. The topological polar surface area (TPSA) is 51.2 Å². The van der Waals surface area contributed by atoms with Gasteiger partial charge < -0.3 is 19.1 Å². The van der Waals surface area contributed by atoms with Crippen molar-refractivity contribution in [1.29, 1.82) is 0 Å². The standard InChI is InChI=1S/C17H30N2O4/c1-3-18(16(20)21-2)7-4-14-12-15(13-14)19-8-5-17(6-9-19)22-10-11-23-17/h14-15H,3-13H2,1-2H3. The number of methoxy groups -OCH3 is 1. The van der Waals surface area contributed by atoms with E-state index in [0.717, 1.165) is 64.6 Å².